The number of unbranched alkanes of at least 4 members (excludes halogenated alkanes) is 1. The minimum Gasteiger partial charge on any atom is -0.481 e. The summed E-state index contributed by atoms with van der Waals surface area (Å²) in [4.78, 5) is 10.3. The predicted molar refractivity (Wildman–Crippen MR) is 55.5 cm³/mol. The Hall–Kier alpha value is -1.10. The Balaban J connectivity index is 3.27. The molecule has 0 radical (unpaired) electrons. The number of rotatable bonds is 7. The maximum absolute atomic E-state index is 10.3. The van der Waals surface area contributed by atoms with Crippen LogP contribution >= 0.6 is 0 Å². The van der Waals surface area contributed by atoms with Crippen LogP contribution in [0.15, 0.2) is 0 Å². The van der Waals surface area contributed by atoms with Crippen molar-refractivity contribution in [2.45, 2.75) is 38.6 Å². The third kappa shape index (κ3) is 8.99. The molecule has 0 aromatic rings. The van der Waals surface area contributed by atoms with Gasteiger partial charge < -0.3 is 16.2 Å². The molecule has 0 amide bonds. The lowest BCUT2D eigenvalue weighted by Gasteiger charge is -2.08. The molecule has 82 valence electrons. The SMILES string of the molecule is CC(=N)NCCCC[C@H](N)CC(=O)O. The Morgan fingerprint density at radius 3 is 2.71 bits per heavy atom. The van der Waals surface area contributed by atoms with Gasteiger partial charge in [0.15, 0.2) is 0 Å². The van der Waals surface area contributed by atoms with Gasteiger partial charge >= 0.3 is 5.97 Å². The molecule has 5 nitrogen and oxygen atoms in total. The van der Waals surface area contributed by atoms with Gasteiger partial charge in [0, 0.05) is 12.6 Å². The van der Waals surface area contributed by atoms with Gasteiger partial charge in [0.05, 0.1) is 12.3 Å². The fraction of sp³-hybridized carbons (Fsp3) is 0.778. The van der Waals surface area contributed by atoms with E-state index in [0.717, 1.165) is 25.8 Å². The summed E-state index contributed by atoms with van der Waals surface area (Å²) < 4.78 is 0. The molecule has 5 heteroatoms. The Morgan fingerprint density at radius 2 is 2.21 bits per heavy atom. The second-order valence-electron chi connectivity index (χ2n) is 3.41. The first-order chi connectivity index (χ1) is 6.52. The second kappa shape index (κ2) is 7.32. The van der Waals surface area contributed by atoms with Gasteiger partial charge in [-0.2, -0.15) is 0 Å². The lowest BCUT2D eigenvalue weighted by Crippen LogP contribution is -2.24. The molecule has 0 saturated heterocycles. The van der Waals surface area contributed by atoms with Crippen molar-refractivity contribution < 1.29 is 9.90 Å². The van der Waals surface area contributed by atoms with E-state index in [4.69, 9.17) is 16.2 Å². The van der Waals surface area contributed by atoms with Crippen LogP contribution in [0.3, 0.4) is 0 Å². The Morgan fingerprint density at radius 1 is 1.57 bits per heavy atom. The van der Waals surface area contributed by atoms with Crippen LogP contribution in [0.2, 0.25) is 0 Å². The van der Waals surface area contributed by atoms with E-state index in [0.29, 0.717) is 5.84 Å². The number of carboxylic acid groups (broad SMARTS) is 1. The van der Waals surface area contributed by atoms with Crippen molar-refractivity contribution in [1.82, 2.24) is 5.32 Å². The van der Waals surface area contributed by atoms with Gasteiger partial charge in [-0.15, -0.1) is 0 Å². The number of hydrogen-bond donors (Lipinski definition) is 4. The van der Waals surface area contributed by atoms with Gasteiger partial charge in [-0.05, 0) is 19.8 Å². The molecular formula is C9H19N3O2. The molecule has 0 aromatic carbocycles. The first-order valence-electron chi connectivity index (χ1n) is 4.78. The van der Waals surface area contributed by atoms with E-state index in [2.05, 4.69) is 5.32 Å². The molecule has 0 aliphatic rings. The van der Waals surface area contributed by atoms with E-state index < -0.39 is 5.97 Å². The van der Waals surface area contributed by atoms with E-state index in [1.165, 1.54) is 0 Å². The molecule has 0 fully saturated rings. The maximum Gasteiger partial charge on any atom is 0.304 e. The van der Waals surface area contributed by atoms with Crippen molar-refractivity contribution in [2.24, 2.45) is 5.73 Å². The second-order valence-corrected chi connectivity index (χ2v) is 3.41. The van der Waals surface area contributed by atoms with Crippen LogP contribution in [0.1, 0.15) is 32.6 Å². The van der Waals surface area contributed by atoms with E-state index in [9.17, 15) is 4.79 Å². The Bertz CT molecular complexity index is 194. The standard InChI is InChI=1S/C9H19N3O2/c1-7(10)12-5-3-2-4-8(11)6-9(13)14/h8H,2-6,11H2,1H3,(H2,10,12)(H,13,14)/t8-/m0/s1. The molecule has 0 aromatic heterocycles. The minimum absolute atomic E-state index is 0.0387. The average Bonchev–Trinajstić information content (AvgIpc) is 2.01. The highest BCUT2D eigenvalue weighted by Gasteiger charge is 2.06. The van der Waals surface area contributed by atoms with Gasteiger partial charge in [0.25, 0.3) is 0 Å². The summed E-state index contributed by atoms with van der Waals surface area (Å²) in [6.07, 6.45) is 2.58. The van der Waals surface area contributed by atoms with Gasteiger partial charge in [-0.3, -0.25) is 10.2 Å². The van der Waals surface area contributed by atoms with Crippen molar-refractivity contribution in [3.05, 3.63) is 0 Å². The molecular weight excluding hydrogens is 182 g/mol. The third-order valence-electron chi connectivity index (χ3n) is 1.83. The molecule has 0 aliphatic carbocycles. The third-order valence-corrected chi connectivity index (χ3v) is 1.83. The molecule has 0 bridgehead atoms. The first kappa shape index (κ1) is 12.9. The van der Waals surface area contributed by atoms with Crippen molar-refractivity contribution in [3.8, 4) is 0 Å². The van der Waals surface area contributed by atoms with Crippen molar-refractivity contribution >= 4 is 11.8 Å². The smallest absolute Gasteiger partial charge is 0.304 e. The summed E-state index contributed by atoms with van der Waals surface area (Å²) >= 11 is 0. The lowest BCUT2D eigenvalue weighted by atomic mass is 10.1. The fourth-order valence-corrected chi connectivity index (χ4v) is 1.13. The highest BCUT2D eigenvalue weighted by Crippen LogP contribution is 2.01. The van der Waals surface area contributed by atoms with E-state index >= 15 is 0 Å². The van der Waals surface area contributed by atoms with E-state index in [1.54, 1.807) is 6.92 Å². The summed E-state index contributed by atoms with van der Waals surface area (Å²) in [6.45, 7) is 2.45. The van der Waals surface area contributed by atoms with Gasteiger partial charge in [0.1, 0.15) is 0 Å². The molecule has 0 aliphatic heterocycles. The first-order valence-corrected chi connectivity index (χ1v) is 4.78. The largest absolute Gasteiger partial charge is 0.481 e. The summed E-state index contributed by atoms with van der Waals surface area (Å²) in [5.41, 5.74) is 5.57. The minimum atomic E-state index is -0.842. The molecule has 5 N–H and O–H groups in total. The van der Waals surface area contributed by atoms with Gasteiger partial charge in [-0.25, -0.2) is 0 Å². The maximum atomic E-state index is 10.3. The Kier molecular flexibility index (Phi) is 6.74. The molecule has 14 heavy (non-hydrogen) atoms. The molecule has 1 atom stereocenters. The van der Waals surface area contributed by atoms with Crippen LogP contribution in [0.25, 0.3) is 0 Å². The van der Waals surface area contributed by atoms with Crippen molar-refractivity contribution in [1.29, 1.82) is 5.41 Å². The zero-order valence-electron chi connectivity index (χ0n) is 8.55. The molecule has 0 spiro atoms. The van der Waals surface area contributed by atoms with Crippen LogP contribution in [-0.2, 0) is 4.79 Å². The van der Waals surface area contributed by atoms with Crippen LogP contribution in [-0.4, -0.2) is 29.5 Å². The number of nitrogens with one attached hydrogen (secondary N) is 2. The number of carboxylic acids is 1. The van der Waals surface area contributed by atoms with Gasteiger partial charge in [-0.1, -0.05) is 6.42 Å². The summed E-state index contributed by atoms with van der Waals surface area (Å²) in [6, 6.07) is -0.242. The molecule has 0 unspecified atom stereocenters. The van der Waals surface area contributed by atoms with Crippen molar-refractivity contribution in [3.63, 3.8) is 0 Å². The van der Waals surface area contributed by atoms with Gasteiger partial charge in [0.2, 0.25) is 0 Å². The number of aliphatic carboxylic acids is 1. The van der Waals surface area contributed by atoms with E-state index in [1.807, 2.05) is 0 Å². The number of hydrogen-bond acceptors (Lipinski definition) is 3. The van der Waals surface area contributed by atoms with Crippen LogP contribution in [0.5, 0.6) is 0 Å². The van der Waals surface area contributed by atoms with Crippen LogP contribution < -0.4 is 11.1 Å². The summed E-state index contributed by atoms with van der Waals surface area (Å²) in [5, 5.41) is 18.4. The van der Waals surface area contributed by atoms with Crippen LogP contribution in [0, 0.1) is 5.41 Å². The lowest BCUT2D eigenvalue weighted by molar-refractivity contribution is -0.137. The quantitative estimate of drug-likeness (QED) is 0.274. The monoisotopic (exact) mass is 201 g/mol. The molecule has 0 saturated carbocycles. The Labute approximate surface area is 84.2 Å². The van der Waals surface area contributed by atoms with E-state index in [-0.39, 0.29) is 12.5 Å². The number of amidine groups is 1. The molecule has 0 rings (SSSR count). The zero-order valence-corrected chi connectivity index (χ0v) is 8.55. The summed E-state index contributed by atoms with van der Waals surface area (Å²) in [5.74, 6) is -0.384. The van der Waals surface area contributed by atoms with Crippen LogP contribution in [0.4, 0.5) is 0 Å². The fourth-order valence-electron chi connectivity index (χ4n) is 1.13. The number of nitrogens with two attached hydrogens (primary N) is 1. The average molecular weight is 201 g/mol. The highest BCUT2D eigenvalue weighted by atomic mass is 16.4. The predicted octanol–water partition coefficient (Wildman–Crippen LogP) is 0.545. The normalized spacial score (nSPS) is 12.1. The summed E-state index contributed by atoms with van der Waals surface area (Å²) in [7, 11) is 0. The number of carbonyl (C=O) groups is 1. The topological polar surface area (TPSA) is 99.2 Å². The van der Waals surface area contributed by atoms with Crippen molar-refractivity contribution in [2.75, 3.05) is 6.54 Å². The zero-order chi connectivity index (χ0) is 11.0. The molecule has 0 heterocycles. The highest BCUT2D eigenvalue weighted by molar-refractivity contribution is 5.75.